The number of nitrogens with one attached hydrogen (secondary N) is 2. The number of rotatable bonds is 6. The Morgan fingerprint density at radius 1 is 1.36 bits per heavy atom. The number of nitrogens with zero attached hydrogens (tertiary/aromatic N) is 2. The number of amides is 4. The van der Waals surface area contributed by atoms with Crippen molar-refractivity contribution in [2.75, 3.05) is 19.6 Å². The van der Waals surface area contributed by atoms with Gasteiger partial charge in [0.25, 0.3) is 5.91 Å². The zero-order chi connectivity index (χ0) is 18.0. The summed E-state index contributed by atoms with van der Waals surface area (Å²) in [6.45, 7) is 5.07. The molecule has 132 valence electrons. The fraction of sp³-hybridized carbons (Fsp3) is 0.353. The summed E-state index contributed by atoms with van der Waals surface area (Å²) in [7, 11) is 0. The van der Waals surface area contributed by atoms with E-state index in [2.05, 4.69) is 21.3 Å². The summed E-state index contributed by atoms with van der Waals surface area (Å²) in [6.07, 6.45) is 0. The molecule has 0 bridgehead atoms. The van der Waals surface area contributed by atoms with Crippen LogP contribution in [0.1, 0.15) is 26.6 Å². The second-order valence-corrected chi connectivity index (χ2v) is 6.94. The quantitative estimate of drug-likeness (QED) is 0.766. The van der Waals surface area contributed by atoms with Crippen molar-refractivity contribution in [3.05, 3.63) is 45.4 Å². The highest BCUT2D eigenvalue weighted by atomic mass is 32.1. The second-order valence-electron chi connectivity index (χ2n) is 5.91. The number of hydrogen-bond acceptors (Lipinski definition) is 4. The van der Waals surface area contributed by atoms with Crippen molar-refractivity contribution in [1.82, 2.24) is 20.1 Å². The minimum Gasteiger partial charge on any atom is -0.350 e. The van der Waals surface area contributed by atoms with Crippen molar-refractivity contribution >= 4 is 29.2 Å². The van der Waals surface area contributed by atoms with Gasteiger partial charge in [-0.25, -0.2) is 4.79 Å². The van der Waals surface area contributed by atoms with E-state index in [1.165, 1.54) is 4.88 Å². The average Bonchev–Trinajstić information content (AvgIpc) is 3.27. The van der Waals surface area contributed by atoms with Crippen molar-refractivity contribution in [3.8, 4) is 0 Å². The highest BCUT2D eigenvalue weighted by molar-refractivity contribution is 7.09. The Bertz CT molecular complexity index is 794. The average molecular weight is 360 g/mol. The Balaban J connectivity index is 1.62. The Labute approximate surface area is 149 Å². The van der Waals surface area contributed by atoms with E-state index in [-0.39, 0.29) is 31.4 Å². The van der Waals surface area contributed by atoms with Gasteiger partial charge in [-0.05, 0) is 31.4 Å². The van der Waals surface area contributed by atoms with Gasteiger partial charge in [0, 0.05) is 29.4 Å². The Morgan fingerprint density at radius 3 is 2.80 bits per heavy atom. The van der Waals surface area contributed by atoms with Gasteiger partial charge in [-0.3, -0.25) is 14.5 Å². The van der Waals surface area contributed by atoms with Crippen LogP contribution >= 0.6 is 11.3 Å². The molecule has 4 amide bonds. The number of aromatic nitrogens is 1. The predicted octanol–water partition coefficient (Wildman–Crippen LogP) is 1.50. The minimum absolute atomic E-state index is 0.0245. The van der Waals surface area contributed by atoms with Crippen LogP contribution in [0, 0.1) is 13.8 Å². The third-order valence-electron chi connectivity index (χ3n) is 4.27. The van der Waals surface area contributed by atoms with Gasteiger partial charge in [0.05, 0.1) is 18.7 Å². The van der Waals surface area contributed by atoms with Crippen molar-refractivity contribution < 1.29 is 14.4 Å². The Morgan fingerprint density at radius 2 is 2.16 bits per heavy atom. The highest BCUT2D eigenvalue weighted by Crippen LogP contribution is 2.19. The summed E-state index contributed by atoms with van der Waals surface area (Å²) >= 11 is 1.68. The monoisotopic (exact) mass is 360 g/mol. The largest absolute Gasteiger partial charge is 0.350 e. The van der Waals surface area contributed by atoms with E-state index in [0.717, 1.165) is 22.8 Å². The van der Waals surface area contributed by atoms with Crippen LogP contribution in [-0.2, 0) is 11.3 Å². The van der Waals surface area contributed by atoms with E-state index < -0.39 is 6.03 Å². The second kappa shape index (κ2) is 7.10. The first-order valence-electron chi connectivity index (χ1n) is 8.03. The third kappa shape index (κ3) is 3.58. The molecule has 0 aliphatic carbocycles. The summed E-state index contributed by atoms with van der Waals surface area (Å²) in [5.41, 5.74) is 2.54. The van der Waals surface area contributed by atoms with Gasteiger partial charge in [0.2, 0.25) is 5.91 Å². The molecule has 2 aromatic heterocycles. The fourth-order valence-electron chi connectivity index (χ4n) is 2.89. The van der Waals surface area contributed by atoms with Crippen LogP contribution in [0.5, 0.6) is 0 Å². The third-order valence-corrected chi connectivity index (χ3v) is 5.13. The molecule has 1 aliphatic rings. The summed E-state index contributed by atoms with van der Waals surface area (Å²) < 4.78 is 2.11. The number of carbonyl (C=O) groups is 3. The van der Waals surface area contributed by atoms with E-state index in [9.17, 15) is 14.4 Å². The van der Waals surface area contributed by atoms with Crippen LogP contribution in [0.3, 0.4) is 0 Å². The first kappa shape index (κ1) is 17.2. The van der Waals surface area contributed by atoms with Gasteiger partial charge < -0.3 is 15.2 Å². The zero-order valence-electron chi connectivity index (χ0n) is 14.2. The SMILES string of the molecule is Cc1cc(C(=O)NCCN2C(=O)CNC2=O)c(C)n1Cc1cccs1. The normalized spacial score (nSPS) is 14.1. The van der Waals surface area contributed by atoms with Gasteiger partial charge >= 0.3 is 6.03 Å². The van der Waals surface area contributed by atoms with E-state index in [4.69, 9.17) is 0 Å². The van der Waals surface area contributed by atoms with Crippen molar-refractivity contribution in [3.63, 3.8) is 0 Å². The molecule has 25 heavy (non-hydrogen) atoms. The predicted molar refractivity (Wildman–Crippen MR) is 94.8 cm³/mol. The summed E-state index contributed by atoms with van der Waals surface area (Å²) in [4.78, 5) is 37.8. The standard InChI is InChI=1S/C17H20N4O3S/c1-11-8-14(12(2)21(11)10-13-4-3-7-25-13)16(23)18-5-6-20-15(22)9-19-17(20)24/h3-4,7-8H,5-6,9-10H2,1-2H3,(H,18,23)(H,19,24). The number of aryl methyl sites for hydroxylation is 1. The van der Waals surface area contributed by atoms with Gasteiger partial charge in [0.1, 0.15) is 0 Å². The van der Waals surface area contributed by atoms with Crippen molar-refractivity contribution in [2.45, 2.75) is 20.4 Å². The zero-order valence-corrected chi connectivity index (χ0v) is 15.0. The van der Waals surface area contributed by atoms with Gasteiger partial charge in [-0.15, -0.1) is 11.3 Å². The summed E-state index contributed by atoms with van der Waals surface area (Å²) in [5.74, 6) is -0.467. The summed E-state index contributed by atoms with van der Waals surface area (Å²) in [5, 5.41) is 7.27. The van der Waals surface area contributed by atoms with Crippen LogP contribution in [0.15, 0.2) is 23.6 Å². The maximum absolute atomic E-state index is 12.4. The van der Waals surface area contributed by atoms with Crippen LogP contribution in [0.2, 0.25) is 0 Å². The van der Waals surface area contributed by atoms with E-state index in [0.29, 0.717) is 5.56 Å². The molecule has 2 N–H and O–H groups in total. The lowest BCUT2D eigenvalue weighted by atomic mass is 10.2. The molecule has 0 saturated carbocycles. The molecule has 2 aromatic rings. The van der Waals surface area contributed by atoms with E-state index >= 15 is 0 Å². The molecule has 0 spiro atoms. The Hall–Kier alpha value is -2.61. The first-order chi connectivity index (χ1) is 12.0. The molecule has 0 radical (unpaired) electrons. The van der Waals surface area contributed by atoms with Gasteiger partial charge in [-0.1, -0.05) is 6.07 Å². The number of imide groups is 1. The molecular formula is C17H20N4O3S. The minimum atomic E-state index is -0.409. The topological polar surface area (TPSA) is 83.4 Å². The molecule has 7 nitrogen and oxygen atoms in total. The first-order valence-corrected chi connectivity index (χ1v) is 8.91. The lowest BCUT2D eigenvalue weighted by Crippen LogP contribution is -2.38. The molecule has 0 aromatic carbocycles. The lowest BCUT2D eigenvalue weighted by Gasteiger charge is -2.13. The molecule has 1 aliphatic heterocycles. The lowest BCUT2D eigenvalue weighted by molar-refractivity contribution is -0.124. The Kier molecular flexibility index (Phi) is 4.89. The van der Waals surface area contributed by atoms with Crippen LogP contribution < -0.4 is 10.6 Å². The van der Waals surface area contributed by atoms with Crippen LogP contribution in [-0.4, -0.2) is 46.9 Å². The molecule has 3 heterocycles. The molecular weight excluding hydrogens is 340 g/mol. The van der Waals surface area contributed by atoms with Gasteiger partial charge in [-0.2, -0.15) is 0 Å². The van der Waals surface area contributed by atoms with Crippen molar-refractivity contribution in [1.29, 1.82) is 0 Å². The number of carbonyl (C=O) groups excluding carboxylic acids is 3. The molecule has 8 heteroatoms. The molecule has 0 atom stereocenters. The number of hydrogen-bond donors (Lipinski definition) is 2. The van der Waals surface area contributed by atoms with Crippen molar-refractivity contribution in [2.24, 2.45) is 0 Å². The maximum Gasteiger partial charge on any atom is 0.324 e. The van der Waals surface area contributed by atoms with E-state index in [1.54, 1.807) is 11.3 Å². The summed E-state index contributed by atoms with van der Waals surface area (Å²) in [6, 6.07) is 5.54. The highest BCUT2D eigenvalue weighted by Gasteiger charge is 2.28. The van der Waals surface area contributed by atoms with Crippen LogP contribution in [0.25, 0.3) is 0 Å². The molecule has 3 rings (SSSR count). The smallest absolute Gasteiger partial charge is 0.324 e. The molecule has 1 fully saturated rings. The van der Waals surface area contributed by atoms with E-state index in [1.807, 2.05) is 31.4 Å². The molecule has 0 unspecified atom stereocenters. The van der Waals surface area contributed by atoms with Gasteiger partial charge in [0.15, 0.2) is 0 Å². The molecule has 1 saturated heterocycles. The van der Waals surface area contributed by atoms with Crippen LogP contribution in [0.4, 0.5) is 4.79 Å². The number of urea groups is 1. The number of thiophene rings is 1. The fourth-order valence-corrected chi connectivity index (χ4v) is 3.58. The maximum atomic E-state index is 12.4.